The molecule has 6 nitrogen and oxygen atoms in total. The molecule has 2 aliphatic rings. The summed E-state index contributed by atoms with van der Waals surface area (Å²) in [5.74, 6) is 0.474. The number of hydrogen-bond donors (Lipinski definition) is 2. The second-order valence-corrected chi connectivity index (χ2v) is 11.0. The zero-order chi connectivity index (χ0) is 22.7. The van der Waals surface area contributed by atoms with Crippen molar-refractivity contribution < 1.29 is 9.59 Å². The highest BCUT2D eigenvalue weighted by molar-refractivity contribution is 9.10. The first-order valence-electron chi connectivity index (χ1n) is 11.2. The highest BCUT2D eigenvalue weighted by atomic mass is 79.9. The van der Waals surface area contributed by atoms with Crippen LogP contribution in [0.4, 0.5) is 10.7 Å². The highest BCUT2D eigenvalue weighted by Gasteiger charge is 2.34. The van der Waals surface area contributed by atoms with Crippen LogP contribution in [0.3, 0.4) is 0 Å². The number of aromatic nitrogens is 1. The molecular formula is C23H28BrClN4O2S. The van der Waals surface area contributed by atoms with Gasteiger partial charge in [0, 0.05) is 17.1 Å². The third kappa shape index (κ3) is 5.83. The summed E-state index contributed by atoms with van der Waals surface area (Å²) in [5, 5.41) is 7.87. The van der Waals surface area contributed by atoms with Crippen molar-refractivity contribution in [2.75, 3.05) is 10.2 Å². The summed E-state index contributed by atoms with van der Waals surface area (Å²) in [7, 11) is 0. The summed E-state index contributed by atoms with van der Waals surface area (Å²) in [6.07, 6.45) is 9.89. The summed E-state index contributed by atoms with van der Waals surface area (Å²) in [5.41, 5.74) is 0.801. The van der Waals surface area contributed by atoms with Gasteiger partial charge in [-0.25, -0.2) is 4.98 Å². The monoisotopic (exact) mass is 538 g/mol. The van der Waals surface area contributed by atoms with E-state index in [1.807, 2.05) is 25.1 Å². The topological polar surface area (TPSA) is 74.3 Å². The van der Waals surface area contributed by atoms with E-state index in [1.165, 1.54) is 24.2 Å². The smallest absolute Gasteiger partial charge is 0.243 e. The van der Waals surface area contributed by atoms with E-state index < -0.39 is 6.04 Å². The number of rotatable bonds is 10. The molecule has 0 bridgehead atoms. The summed E-state index contributed by atoms with van der Waals surface area (Å²) in [6, 6.07) is 5.55. The van der Waals surface area contributed by atoms with Gasteiger partial charge in [0.15, 0.2) is 0 Å². The molecule has 2 aromatic heterocycles. The Kier molecular flexibility index (Phi) is 7.74. The molecule has 2 heterocycles. The van der Waals surface area contributed by atoms with Crippen LogP contribution in [0.2, 0.25) is 5.02 Å². The quantitative estimate of drug-likeness (QED) is 0.290. The van der Waals surface area contributed by atoms with Crippen LogP contribution in [0.5, 0.6) is 0 Å². The highest BCUT2D eigenvalue weighted by Crippen LogP contribution is 2.36. The van der Waals surface area contributed by atoms with E-state index in [0.29, 0.717) is 15.5 Å². The lowest BCUT2D eigenvalue weighted by molar-refractivity contribution is -0.124. The van der Waals surface area contributed by atoms with Crippen LogP contribution in [0, 0.1) is 5.92 Å². The van der Waals surface area contributed by atoms with Crippen LogP contribution in [-0.2, 0) is 9.59 Å². The van der Waals surface area contributed by atoms with Crippen LogP contribution >= 0.6 is 38.9 Å². The Morgan fingerprint density at radius 1 is 1.34 bits per heavy atom. The van der Waals surface area contributed by atoms with E-state index in [0.717, 1.165) is 54.1 Å². The van der Waals surface area contributed by atoms with Crippen LogP contribution in [-0.4, -0.2) is 29.4 Å². The molecule has 2 aromatic rings. The van der Waals surface area contributed by atoms with Gasteiger partial charge in [0.1, 0.15) is 10.6 Å². The molecule has 0 aliphatic heterocycles. The molecule has 0 radical (unpaired) electrons. The van der Waals surface area contributed by atoms with Crippen molar-refractivity contribution in [2.24, 2.45) is 5.92 Å². The molecule has 0 saturated heterocycles. The van der Waals surface area contributed by atoms with Crippen molar-refractivity contribution in [3.8, 4) is 0 Å². The van der Waals surface area contributed by atoms with Gasteiger partial charge in [0.05, 0.1) is 21.8 Å². The molecule has 0 spiro atoms. The fraction of sp³-hybridized carbons (Fsp3) is 0.522. The molecule has 0 unspecified atom stereocenters. The zero-order valence-electron chi connectivity index (χ0n) is 18.0. The van der Waals surface area contributed by atoms with Crippen molar-refractivity contribution in [2.45, 2.75) is 70.0 Å². The third-order valence-electron chi connectivity index (χ3n) is 6.18. The Morgan fingerprint density at radius 2 is 2.09 bits per heavy atom. The number of carbonyl (C=O) groups excluding carboxylic acids is 2. The number of halogens is 2. The normalized spacial score (nSPS) is 18.2. The van der Waals surface area contributed by atoms with E-state index in [2.05, 4.69) is 31.5 Å². The first-order valence-corrected chi connectivity index (χ1v) is 13.1. The van der Waals surface area contributed by atoms with Gasteiger partial charge in [0.2, 0.25) is 12.3 Å². The second-order valence-electron chi connectivity index (χ2n) is 8.73. The lowest BCUT2D eigenvalue weighted by atomic mass is 9.97. The summed E-state index contributed by atoms with van der Waals surface area (Å²) in [6.45, 7) is 2.05. The van der Waals surface area contributed by atoms with Gasteiger partial charge in [-0.2, -0.15) is 0 Å². The van der Waals surface area contributed by atoms with Crippen LogP contribution in [0.25, 0.3) is 0 Å². The zero-order valence-corrected chi connectivity index (χ0v) is 21.2. The van der Waals surface area contributed by atoms with Crippen molar-refractivity contribution in [1.29, 1.82) is 0 Å². The van der Waals surface area contributed by atoms with Crippen molar-refractivity contribution >= 4 is 61.9 Å². The number of anilines is 2. The first-order chi connectivity index (χ1) is 15.4. The number of thiophene rings is 1. The van der Waals surface area contributed by atoms with Crippen molar-refractivity contribution in [3.63, 3.8) is 0 Å². The van der Waals surface area contributed by atoms with Gasteiger partial charge in [-0.05, 0) is 66.2 Å². The summed E-state index contributed by atoms with van der Waals surface area (Å²) < 4.78 is 0.688. The lowest BCUT2D eigenvalue weighted by Gasteiger charge is -2.28. The van der Waals surface area contributed by atoms with Crippen LogP contribution in [0.1, 0.15) is 62.8 Å². The van der Waals surface area contributed by atoms with Gasteiger partial charge < -0.3 is 10.6 Å². The predicted molar refractivity (Wildman–Crippen MR) is 133 cm³/mol. The maximum Gasteiger partial charge on any atom is 0.243 e. The van der Waals surface area contributed by atoms with Crippen LogP contribution in [0.15, 0.2) is 29.0 Å². The predicted octanol–water partition coefficient (Wildman–Crippen LogP) is 5.92. The van der Waals surface area contributed by atoms with Gasteiger partial charge in [-0.1, -0.05) is 37.3 Å². The molecule has 2 fully saturated rings. The molecule has 4 rings (SSSR count). The molecule has 2 N–H and O–H groups in total. The third-order valence-corrected chi connectivity index (χ3v) is 8.30. The fourth-order valence-corrected chi connectivity index (χ4v) is 5.77. The fourth-order valence-electron chi connectivity index (χ4n) is 4.25. The molecular weight excluding hydrogens is 512 g/mol. The van der Waals surface area contributed by atoms with E-state index in [4.69, 9.17) is 11.6 Å². The largest absolute Gasteiger partial charge is 0.375 e. The SMILES string of the molecule is C[C@@H](Nc1cc(Cl)cnc1Br)c1ccc(N(C=O)[C@@H](CC2CCCC2)C(=O)NC2CC2)s1. The minimum atomic E-state index is -0.461. The average Bonchev–Trinajstić information content (AvgIpc) is 3.23. The minimum absolute atomic E-state index is 0.0209. The molecule has 0 aromatic carbocycles. The van der Waals surface area contributed by atoms with Gasteiger partial charge in [-0.3, -0.25) is 14.5 Å². The molecule has 2 saturated carbocycles. The maximum atomic E-state index is 13.1. The number of hydrogen-bond acceptors (Lipinski definition) is 5. The number of amides is 2. The lowest BCUT2D eigenvalue weighted by Crippen LogP contribution is -2.48. The van der Waals surface area contributed by atoms with E-state index in [9.17, 15) is 9.59 Å². The van der Waals surface area contributed by atoms with Crippen molar-refractivity contribution in [3.05, 3.63) is 38.9 Å². The van der Waals surface area contributed by atoms with E-state index in [1.54, 1.807) is 11.1 Å². The number of pyridine rings is 1. The Morgan fingerprint density at radius 3 is 2.78 bits per heavy atom. The van der Waals surface area contributed by atoms with Gasteiger partial charge in [-0.15, -0.1) is 11.3 Å². The molecule has 9 heteroatoms. The molecule has 2 amide bonds. The van der Waals surface area contributed by atoms with Gasteiger partial charge >= 0.3 is 0 Å². The summed E-state index contributed by atoms with van der Waals surface area (Å²) >= 11 is 11.1. The molecule has 172 valence electrons. The van der Waals surface area contributed by atoms with Crippen LogP contribution < -0.4 is 15.5 Å². The Hall–Kier alpha value is -1.64. The summed E-state index contributed by atoms with van der Waals surface area (Å²) in [4.78, 5) is 32.2. The average molecular weight is 540 g/mol. The number of carbonyl (C=O) groups is 2. The maximum absolute atomic E-state index is 13.1. The Labute approximate surface area is 206 Å². The van der Waals surface area contributed by atoms with Gasteiger partial charge in [0.25, 0.3) is 0 Å². The molecule has 2 atom stereocenters. The number of nitrogens with one attached hydrogen (secondary N) is 2. The van der Waals surface area contributed by atoms with Crippen molar-refractivity contribution in [1.82, 2.24) is 10.3 Å². The molecule has 2 aliphatic carbocycles. The number of nitrogens with zero attached hydrogens (tertiary/aromatic N) is 2. The Balaban J connectivity index is 1.51. The van der Waals surface area contributed by atoms with E-state index in [-0.39, 0.29) is 18.0 Å². The first kappa shape index (κ1) is 23.5. The Bertz CT molecular complexity index is 961. The van der Waals surface area contributed by atoms with E-state index >= 15 is 0 Å². The second kappa shape index (κ2) is 10.5. The standard InChI is InChI=1S/C23H28BrClN4O2S/c1-14(27-18-11-16(25)12-26-22(18)24)20-8-9-21(32-20)29(13-30)19(10-15-4-2-3-5-15)23(31)28-17-6-7-17/h8-9,11-15,17,19,27H,2-7,10H2,1H3,(H,28,31)/t14-,19+/m1/s1. The molecule has 32 heavy (non-hydrogen) atoms. The minimum Gasteiger partial charge on any atom is -0.375 e.